The Morgan fingerprint density at radius 1 is 1.44 bits per heavy atom. The minimum Gasteiger partial charge on any atom is -0.324 e. The van der Waals surface area contributed by atoms with Gasteiger partial charge in [0.05, 0.1) is 6.04 Å². The van der Waals surface area contributed by atoms with Crippen LogP contribution in [0.3, 0.4) is 0 Å². The molecule has 4 heteroatoms. The standard InChI is InChI=1S/C12H18N2O.ClH/c1-3-6-10-7-4-5-8-11(10)14-12(15)9(2)13;/h4-5,7-9H,3,6,13H2,1-2H3,(H,14,15);1H/t9-;/m1./s1. The second-order valence-electron chi connectivity index (χ2n) is 3.69. The molecule has 0 heterocycles. The highest BCUT2D eigenvalue weighted by Crippen LogP contribution is 2.16. The summed E-state index contributed by atoms with van der Waals surface area (Å²) in [5, 5.41) is 2.83. The minimum atomic E-state index is -0.473. The summed E-state index contributed by atoms with van der Waals surface area (Å²) in [5.41, 5.74) is 7.53. The van der Waals surface area contributed by atoms with Crippen LogP contribution in [0.25, 0.3) is 0 Å². The molecule has 0 spiro atoms. The van der Waals surface area contributed by atoms with Crippen LogP contribution in [0.1, 0.15) is 25.8 Å². The maximum Gasteiger partial charge on any atom is 0.241 e. The van der Waals surface area contributed by atoms with Gasteiger partial charge in [-0.3, -0.25) is 4.79 Å². The summed E-state index contributed by atoms with van der Waals surface area (Å²) in [7, 11) is 0. The first kappa shape index (κ1) is 14.9. The number of halogens is 1. The molecule has 90 valence electrons. The van der Waals surface area contributed by atoms with E-state index in [0.29, 0.717) is 0 Å². The Bertz CT molecular complexity index is 340. The van der Waals surface area contributed by atoms with Gasteiger partial charge in [-0.1, -0.05) is 31.5 Å². The summed E-state index contributed by atoms with van der Waals surface area (Å²) < 4.78 is 0. The number of nitrogens with one attached hydrogen (secondary N) is 1. The zero-order valence-corrected chi connectivity index (χ0v) is 10.5. The Morgan fingerprint density at radius 2 is 2.06 bits per heavy atom. The first-order valence-electron chi connectivity index (χ1n) is 5.29. The molecule has 0 aromatic heterocycles. The van der Waals surface area contributed by atoms with Crippen molar-refractivity contribution in [1.29, 1.82) is 0 Å². The molecule has 0 bridgehead atoms. The van der Waals surface area contributed by atoms with Crippen LogP contribution in [0, 0.1) is 0 Å². The molecular formula is C12H19ClN2O. The number of hydrogen-bond donors (Lipinski definition) is 2. The normalized spacial score (nSPS) is 11.4. The number of hydrogen-bond acceptors (Lipinski definition) is 2. The number of carbonyl (C=O) groups excluding carboxylic acids is 1. The van der Waals surface area contributed by atoms with E-state index in [0.717, 1.165) is 24.1 Å². The van der Waals surface area contributed by atoms with E-state index in [-0.39, 0.29) is 18.3 Å². The van der Waals surface area contributed by atoms with Crippen molar-refractivity contribution in [3.05, 3.63) is 29.8 Å². The molecule has 0 saturated carbocycles. The molecule has 0 aliphatic rings. The number of carbonyl (C=O) groups is 1. The second kappa shape index (κ2) is 7.25. The number of para-hydroxylation sites is 1. The van der Waals surface area contributed by atoms with Crippen LogP contribution in [-0.2, 0) is 11.2 Å². The molecule has 16 heavy (non-hydrogen) atoms. The highest BCUT2D eigenvalue weighted by molar-refractivity contribution is 5.95. The van der Waals surface area contributed by atoms with E-state index in [1.807, 2.05) is 24.3 Å². The van der Waals surface area contributed by atoms with Gasteiger partial charge in [0, 0.05) is 5.69 Å². The van der Waals surface area contributed by atoms with Gasteiger partial charge in [0.25, 0.3) is 0 Å². The van der Waals surface area contributed by atoms with Gasteiger partial charge >= 0.3 is 0 Å². The smallest absolute Gasteiger partial charge is 0.241 e. The first-order chi connectivity index (χ1) is 7.15. The predicted molar refractivity (Wildman–Crippen MR) is 70.0 cm³/mol. The Hall–Kier alpha value is -1.06. The molecule has 1 aromatic carbocycles. The van der Waals surface area contributed by atoms with Gasteiger partial charge in [0.1, 0.15) is 0 Å². The first-order valence-corrected chi connectivity index (χ1v) is 5.29. The maximum absolute atomic E-state index is 11.4. The average Bonchev–Trinajstić information content (AvgIpc) is 2.21. The molecule has 1 aromatic rings. The lowest BCUT2D eigenvalue weighted by atomic mass is 10.1. The Kier molecular flexibility index (Phi) is 6.77. The number of nitrogens with two attached hydrogens (primary N) is 1. The van der Waals surface area contributed by atoms with Gasteiger partial charge in [-0.2, -0.15) is 0 Å². The summed E-state index contributed by atoms with van der Waals surface area (Å²) in [6, 6.07) is 7.35. The van der Waals surface area contributed by atoms with Crippen LogP contribution >= 0.6 is 12.4 Å². The maximum atomic E-state index is 11.4. The van der Waals surface area contributed by atoms with Gasteiger partial charge in [-0.25, -0.2) is 0 Å². The lowest BCUT2D eigenvalue weighted by Crippen LogP contribution is -2.32. The van der Waals surface area contributed by atoms with Crippen LogP contribution in [0.2, 0.25) is 0 Å². The molecule has 3 nitrogen and oxygen atoms in total. The third-order valence-electron chi connectivity index (χ3n) is 2.21. The summed E-state index contributed by atoms with van der Waals surface area (Å²) in [4.78, 5) is 11.4. The van der Waals surface area contributed by atoms with Crippen LogP contribution in [0.15, 0.2) is 24.3 Å². The molecule has 0 saturated heterocycles. The molecular weight excluding hydrogens is 224 g/mol. The third kappa shape index (κ3) is 4.21. The molecule has 1 atom stereocenters. The zero-order valence-electron chi connectivity index (χ0n) is 9.69. The fourth-order valence-corrected chi connectivity index (χ4v) is 1.38. The van der Waals surface area contributed by atoms with E-state index in [1.165, 1.54) is 0 Å². The minimum absolute atomic E-state index is 0. The van der Waals surface area contributed by atoms with E-state index in [9.17, 15) is 4.79 Å². The summed E-state index contributed by atoms with van der Waals surface area (Å²) >= 11 is 0. The van der Waals surface area contributed by atoms with Crippen molar-refractivity contribution < 1.29 is 4.79 Å². The van der Waals surface area contributed by atoms with Gasteiger partial charge in [0.2, 0.25) is 5.91 Å². The van der Waals surface area contributed by atoms with E-state index in [1.54, 1.807) is 6.92 Å². The van der Waals surface area contributed by atoms with Gasteiger partial charge in [0.15, 0.2) is 0 Å². The van der Waals surface area contributed by atoms with E-state index in [2.05, 4.69) is 12.2 Å². The Labute approximate surface area is 103 Å². The fraction of sp³-hybridized carbons (Fsp3) is 0.417. The van der Waals surface area contributed by atoms with E-state index >= 15 is 0 Å². The number of amides is 1. The molecule has 0 aliphatic heterocycles. The van der Waals surface area contributed by atoms with Crippen molar-refractivity contribution >= 4 is 24.0 Å². The largest absolute Gasteiger partial charge is 0.324 e. The molecule has 0 aliphatic carbocycles. The van der Waals surface area contributed by atoms with E-state index in [4.69, 9.17) is 5.73 Å². The van der Waals surface area contributed by atoms with Crippen molar-refractivity contribution in [3.63, 3.8) is 0 Å². The van der Waals surface area contributed by atoms with Crippen LogP contribution in [-0.4, -0.2) is 11.9 Å². The van der Waals surface area contributed by atoms with Gasteiger partial charge in [-0.15, -0.1) is 12.4 Å². The summed E-state index contributed by atoms with van der Waals surface area (Å²) in [5.74, 6) is -0.140. The Morgan fingerprint density at radius 3 is 2.62 bits per heavy atom. The number of benzene rings is 1. The number of rotatable bonds is 4. The van der Waals surface area contributed by atoms with Crippen molar-refractivity contribution in [2.24, 2.45) is 5.73 Å². The molecule has 0 radical (unpaired) electrons. The van der Waals surface area contributed by atoms with Crippen LogP contribution in [0.5, 0.6) is 0 Å². The van der Waals surface area contributed by atoms with Crippen molar-refractivity contribution in [3.8, 4) is 0 Å². The average molecular weight is 243 g/mol. The molecule has 3 N–H and O–H groups in total. The van der Waals surface area contributed by atoms with Gasteiger partial charge in [-0.05, 0) is 25.0 Å². The topological polar surface area (TPSA) is 55.1 Å². The van der Waals surface area contributed by atoms with Crippen LogP contribution < -0.4 is 11.1 Å². The van der Waals surface area contributed by atoms with Crippen molar-refractivity contribution in [2.45, 2.75) is 32.7 Å². The van der Waals surface area contributed by atoms with Crippen molar-refractivity contribution in [2.75, 3.05) is 5.32 Å². The molecule has 1 amide bonds. The molecule has 1 rings (SSSR count). The highest BCUT2D eigenvalue weighted by atomic mass is 35.5. The second-order valence-corrected chi connectivity index (χ2v) is 3.69. The number of anilines is 1. The monoisotopic (exact) mass is 242 g/mol. The predicted octanol–water partition coefficient (Wildman–Crippen LogP) is 2.35. The summed E-state index contributed by atoms with van der Waals surface area (Å²) in [6.45, 7) is 3.79. The lowest BCUT2D eigenvalue weighted by Gasteiger charge is -2.11. The van der Waals surface area contributed by atoms with E-state index < -0.39 is 6.04 Å². The summed E-state index contributed by atoms with van der Waals surface area (Å²) in [6.07, 6.45) is 2.03. The van der Waals surface area contributed by atoms with Gasteiger partial charge < -0.3 is 11.1 Å². The zero-order chi connectivity index (χ0) is 11.3. The molecule has 0 fully saturated rings. The SMILES string of the molecule is CCCc1ccccc1NC(=O)[C@@H](C)N.Cl. The van der Waals surface area contributed by atoms with Crippen molar-refractivity contribution in [1.82, 2.24) is 0 Å². The molecule has 0 unspecified atom stereocenters. The Balaban J connectivity index is 0.00000225. The highest BCUT2D eigenvalue weighted by Gasteiger charge is 2.09. The fourth-order valence-electron chi connectivity index (χ4n) is 1.38. The third-order valence-corrected chi connectivity index (χ3v) is 2.21. The lowest BCUT2D eigenvalue weighted by molar-refractivity contribution is -0.117. The quantitative estimate of drug-likeness (QED) is 0.852. The number of aryl methyl sites for hydroxylation is 1. The van der Waals surface area contributed by atoms with Crippen LogP contribution in [0.4, 0.5) is 5.69 Å².